The minimum Gasteiger partial charge on any atom is -0.471 e. The van der Waals surface area contributed by atoms with Crippen molar-refractivity contribution in [3.63, 3.8) is 0 Å². The molecule has 2 fully saturated rings. The van der Waals surface area contributed by atoms with Crippen LogP contribution < -0.4 is 10.1 Å². The lowest BCUT2D eigenvalue weighted by Gasteiger charge is -2.36. The second-order valence-corrected chi connectivity index (χ2v) is 14.9. The molecule has 11 nitrogen and oxygen atoms in total. The molecule has 48 heavy (non-hydrogen) atoms. The molecule has 2 amide bonds. The molecule has 3 aliphatic rings. The summed E-state index contributed by atoms with van der Waals surface area (Å²) >= 11 is 0. The third kappa shape index (κ3) is 7.53. The van der Waals surface area contributed by atoms with E-state index in [2.05, 4.69) is 15.3 Å². The minimum atomic E-state index is -3.60. The lowest BCUT2D eigenvalue weighted by Crippen LogP contribution is -2.58. The maximum Gasteiger partial charge on any atom is 0.408 e. The summed E-state index contributed by atoms with van der Waals surface area (Å²) in [6.45, 7) is 12.1. The monoisotopic (exact) mass is 667 g/mol. The average molecular weight is 668 g/mol. The molecule has 1 aliphatic carbocycles. The number of aromatic nitrogens is 2. The third-order valence-corrected chi connectivity index (χ3v) is 8.86. The Labute approximate surface area is 279 Å². The number of nitrogens with zero attached hydrogens (tertiary/aromatic N) is 4. The lowest BCUT2D eigenvalue weighted by atomic mass is 9.85. The molecule has 1 saturated carbocycles. The zero-order valence-corrected chi connectivity index (χ0v) is 28.4. The summed E-state index contributed by atoms with van der Waals surface area (Å²) in [6, 6.07) is 4.10. The van der Waals surface area contributed by atoms with Gasteiger partial charge < -0.3 is 24.4 Å². The normalized spacial score (nSPS) is 27.7. The Morgan fingerprint density at radius 1 is 1.12 bits per heavy atom. The van der Waals surface area contributed by atoms with Crippen LogP contribution in [0.1, 0.15) is 85.4 Å². The summed E-state index contributed by atoms with van der Waals surface area (Å²) in [6.07, 6.45) is 1.69. The van der Waals surface area contributed by atoms with Crippen LogP contribution in [0.25, 0.3) is 11.0 Å². The van der Waals surface area contributed by atoms with Gasteiger partial charge >= 0.3 is 18.0 Å². The van der Waals surface area contributed by atoms with E-state index in [0.717, 1.165) is 6.08 Å². The summed E-state index contributed by atoms with van der Waals surface area (Å²) < 4.78 is 49.6. The zero-order valence-electron chi connectivity index (χ0n) is 28.4. The highest BCUT2D eigenvalue weighted by molar-refractivity contribution is 5.91. The molecule has 1 aromatic heterocycles. The van der Waals surface area contributed by atoms with E-state index in [9.17, 15) is 19.6 Å². The highest BCUT2D eigenvalue weighted by Gasteiger charge is 2.53. The van der Waals surface area contributed by atoms with Gasteiger partial charge in [-0.05, 0) is 82.1 Å². The van der Waals surface area contributed by atoms with Gasteiger partial charge in [-0.2, -0.15) is 14.0 Å². The van der Waals surface area contributed by atoms with Crippen molar-refractivity contribution in [3.8, 4) is 11.9 Å². The Bertz CT molecular complexity index is 1660. The summed E-state index contributed by atoms with van der Waals surface area (Å²) in [5.41, 5.74) is -1.84. The fourth-order valence-corrected chi connectivity index (χ4v) is 6.32. The number of alkyl halides is 2. The first kappa shape index (κ1) is 35.0. The van der Waals surface area contributed by atoms with Crippen molar-refractivity contribution in [1.82, 2.24) is 20.2 Å². The second-order valence-electron chi connectivity index (χ2n) is 14.9. The summed E-state index contributed by atoms with van der Waals surface area (Å²) in [5.74, 6) is -6.03. The molecule has 2 bridgehead atoms. The quantitative estimate of drug-likeness (QED) is 0.311. The molecule has 1 N–H and O–H groups in total. The molecule has 1 saturated heterocycles. The number of alkyl carbamates (subject to hydrolysis) is 1. The topological polar surface area (TPSA) is 144 Å². The zero-order chi connectivity index (χ0) is 35.2. The number of allylic oxidation sites excluding steroid dienone is 2. The van der Waals surface area contributed by atoms with E-state index >= 15 is 8.78 Å². The predicted octanol–water partition coefficient (Wildman–Crippen LogP) is 5.80. The molecule has 3 heterocycles. The summed E-state index contributed by atoms with van der Waals surface area (Å²) in [7, 11) is 0. The van der Waals surface area contributed by atoms with E-state index in [4.69, 9.17) is 14.2 Å². The summed E-state index contributed by atoms with van der Waals surface area (Å²) in [5, 5.41) is 12.2. The van der Waals surface area contributed by atoms with Gasteiger partial charge in [0.25, 0.3) is 0 Å². The van der Waals surface area contributed by atoms with Crippen LogP contribution in [0.5, 0.6) is 5.88 Å². The molecule has 2 aromatic rings. The molecule has 0 radical (unpaired) electrons. The number of rotatable bonds is 2. The van der Waals surface area contributed by atoms with E-state index in [-0.39, 0.29) is 29.1 Å². The third-order valence-electron chi connectivity index (χ3n) is 8.86. The second kappa shape index (κ2) is 12.9. The van der Waals surface area contributed by atoms with Crippen LogP contribution in [0, 0.1) is 28.6 Å². The molecule has 2 aliphatic heterocycles. The van der Waals surface area contributed by atoms with Gasteiger partial charge in [0, 0.05) is 5.92 Å². The van der Waals surface area contributed by atoms with Gasteiger partial charge in [-0.1, -0.05) is 33.8 Å². The number of ether oxygens (including phenoxy) is 3. The van der Waals surface area contributed by atoms with Crippen molar-refractivity contribution >= 4 is 29.0 Å². The van der Waals surface area contributed by atoms with Crippen molar-refractivity contribution in [3.05, 3.63) is 41.6 Å². The van der Waals surface area contributed by atoms with Crippen LogP contribution in [0.4, 0.5) is 13.6 Å². The molecule has 13 heteroatoms. The van der Waals surface area contributed by atoms with E-state index in [1.165, 1.54) is 29.2 Å². The minimum absolute atomic E-state index is 0.00780. The number of benzene rings is 1. The van der Waals surface area contributed by atoms with Crippen molar-refractivity contribution in [2.24, 2.45) is 17.3 Å². The molecule has 258 valence electrons. The largest absolute Gasteiger partial charge is 0.471 e. The first-order valence-corrected chi connectivity index (χ1v) is 16.4. The van der Waals surface area contributed by atoms with Crippen LogP contribution in [0.3, 0.4) is 0 Å². The van der Waals surface area contributed by atoms with Gasteiger partial charge in [-0.25, -0.2) is 19.6 Å². The first-order valence-electron chi connectivity index (χ1n) is 16.4. The Morgan fingerprint density at radius 3 is 2.50 bits per heavy atom. The fraction of sp³-hybridized carbons (Fsp3) is 0.600. The number of carbonyl (C=O) groups is 3. The molecule has 1 aromatic carbocycles. The standard InChI is InChI=1S/C35H43F2N5O6/c1-8-21-25-18-42(26(21)31(44)48-34(5,6)7)30(43)28(33(2,3)4)41-32(45)47-24-16-20(24)11-9-10-14-35(36,37)27-29(46-25)40-23-15-19(17-38)12-13-22(23)39-27/h10,12-15,20-21,24-26,28H,8-9,11,16,18H2,1-7H3,(H,41,45). The first-order chi connectivity index (χ1) is 22.4. The van der Waals surface area contributed by atoms with Gasteiger partial charge in [0.15, 0.2) is 5.69 Å². The van der Waals surface area contributed by atoms with Crippen LogP contribution >= 0.6 is 0 Å². The van der Waals surface area contributed by atoms with Crippen LogP contribution in [0.15, 0.2) is 30.4 Å². The number of esters is 1. The molecule has 6 atom stereocenters. The maximum atomic E-state index is 16.0. The number of hydrogen-bond donors (Lipinski definition) is 1. The van der Waals surface area contributed by atoms with E-state index in [0.29, 0.717) is 25.7 Å². The van der Waals surface area contributed by atoms with Crippen LogP contribution in [0.2, 0.25) is 0 Å². The van der Waals surface area contributed by atoms with Crippen LogP contribution in [-0.4, -0.2) is 69.3 Å². The van der Waals surface area contributed by atoms with Gasteiger partial charge in [0.1, 0.15) is 29.9 Å². The van der Waals surface area contributed by atoms with Crippen LogP contribution in [-0.2, 0) is 25.0 Å². The number of nitrogens with one attached hydrogen (secondary N) is 1. The Balaban J connectivity index is 1.64. The van der Waals surface area contributed by atoms with Gasteiger partial charge in [-0.15, -0.1) is 0 Å². The van der Waals surface area contributed by atoms with Gasteiger partial charge in [0.2, 0.25) is 11.8 Å². The van der Waals surface area contributed by atoms with E-state index < -0.39 is 76.7 Å². The van der Waals surface area contributed by atoms with Crippen molar-refractivity contribution in [2.75, 3.05) is 6.54 Å². The molecule has 0 spiro atoms. The number of fused-ring (bicyclic) bond motifs is 5. The van der Waals surface area contributed by atoms with Gasteiger partial charge in [0.05, 0.1) is 29.2 Å². The smallest absolute Gasteiger partial charge is 0.408 e. The number of amides is 2. The SMILES string of the molecule is CCC1C2CN(C(=O)C(C(C)(C)C)NC(=O)OC3CC3CCC=CC(F)(F)c3nc4ccc(C#N)cc4nc3O2)C1C(=O)OC(C)(C)C. The summed E-state index contributed by atoms with van der Waals surface area (Å²) in [4.78, 5) is 51.3. The number of halogens is 2. The molecule has 6 unspecified atom stereocenters. The maximum absolute atomic E-state index is 16.0. The van der Waals surface area contributed by atoms with Gasteiger partial charge in [-0.3, -0.25) is 4.79 Å². The Morgan fingerprint density at radius 2 is 1.85 bits per heavy atom. The number of carbonyl (C=O) groups excluding carboxylic acids is 3. The van der Waals surface area contributed by atoms with Crippen molar-refractivity contribution < 1.29 is 37.4 Å². The average Bonchev–Trinajstić information content (AvgIpc) is 3.61. The van der Waals surface area contributed by atoms with Crippen molar-refractivity contribution in [2.45, 2.75) is 110 Å². The predicted molar refractivity (Wildman–Crippen MR) is 171 cm³/mol. The van der Waals surface area contributed by atoms with E-state index in [1.54, 1.807) is 48.5 Å². The fourth-order valence-electron chi connectivity index (χ4n) is 6.32. The Kier molecular flexibility index (Phi) is 9.43. The van der Waals surface area contributed by atoms with E-state index in [1.807, 2.05) is 6.07 Å². The highest BCUT2D eigenvalue weighted by Crippen LogP contribution is 2.41. The number of hydrogen-bond acceptors (Lipinski definition) is 9. The lowest BCUT2D eigenvalue weighted by molar-refractivity contribution is -0.165. The Hall–Kier alpha value is -4.34. The molecule has 5 rings (SSSR count). The van der Waals surface area contributed by atoms with Crippen molar-refractivity contribution in [1.29, 1.82) is 5.26 Å². The molecular formula is C35H43F2N5O6. The molecular weight excluding hydrogens is 624 g/mol. The number of nitriles is 1. The highest BCUT2D eigenvalue weighted by atomic mass is 19.3.